The number of ketones is 1. The molecule has 1 heterocycles. The molecule has 0 saturated heterocycles. The Labute approximate surface area is 127 Å². The lowest BCUT2D eigenvalue weighted by atomic mass is 9.78. The fraction of sp³-hybridized carbons (Fsp3) is 0.706. The molecular formula is C17H25N3O. The summed E-state index contributed by atoms with van der Waals surface area (Å²) in [5, 5.41) is 14.2. The molecule has 1 aliphatic rings. The average molecular weight is 287 g/mol. The van der Waals surface area contributed by atoms with Gasteiger partial charge in [-0.1, -0.05) is 27.7 Å². The van der Waals surface area contributed by atoms with Gasteiger partial charge in [0.15, 0.2) is 5.78 Å². The van der Waals surface area contributed by atoms with Crippen LogP contribution in [0.4, 0.5) is 0 Å². The first-order chi connectivity index (χ1) is 9.88. The number of Topliss-reactive ketones (excluding diaryl/α,β-unsaturated/α-hetero) is 1. The second kappa shape index (κ2) is 5.63. The van der Waals surface area contributed by atoms with E-state index in [4.69, 9.17) is 0 Å². The molecule has 0 spiro atoms. The topological polar surface area (TPSA) is 58.7 Å². The van der Waals surface area contributed by atoms with E-state index in [-0.39, 0.29) is 11.2 Å². The number of nitriles is 1. The summed E-state index contributed by atoms with van der Waals surface area (Å²) in [6.07, 6.45) is 5.92. The van der Waals surface area contributed by atoms with Crippen molar-refractivity contribution in [2.45, 2.75) is 65.8 Å². The van der Waals surface area contributed by atoms with Crippen molar-refractivity contribution in [1.82, 2.24) is 9.78 Å². The number of nitrogens with zero attached hydrogens (tertiary/aromatic N) is 3. The first-order valence-electron chi connectivity index (χ1n) is 7.88. The van der Waals surface area contributed by atoms with Crippen LogP contribution in [0.25, 0.3) is 0 Å². The Morgan fingerprint density at radius 2 is 2.05 bits per heavy atom. The molecule has 0 radical (unpaired) electrons. The zero-order chi connectivity index (χ0) is 15.7. The summed E-state index contributed by atoms with van der Waals surface area (Å²) in [6.45, 7) is 8.18. The molecule has 114 valence electrons. The van der Waals surface area contributed by atoms with Crippen molar-refractivity contribution in [3.05, 3.63) is 18.0 Å². The van der Waals surface area contributed by atoms with E-state index in [1.807, 2.05) is 30.8 Å². The predicted molar refractivity (Wildman–Crippen MR) is 81.6 cm³/mol. The number of hydrogen-bond acceptors (Lipinski definition) is 3. The lowest BCUT2D eigenvalue weighted by Gasteiger charge is -2.21. The summed E-state index contributed by atoms with van der Waals surface area (Å²) in [4.78, 5) is 12.6. The lowest BCUT2D eigenvalue weighted by molar-refractivity contribution is -0.130. The largest absolute Gasteiger partial charge is 0.297 e. The smallest absolute Gasteiger partial charge is 0.159 e. The first-order valence-corrected chi connectivity index (χ1v) is 7.88. The summed E-state index contributed by atoms with van der Waals surface area (Å²) in [5.41, 5.74) is -0.404. The van der Waals surface area contributed by atoms with Gasteiger partial charge in [0.1, 0.15) is 5.41 Å². The van der Waals surface area contributed by atoms with Crippen LogP contribution in [0, 0.1) is 22.2 Å². The van der Waals surface area contributed by atoms with Crippen LogP contribution in [0.2, 0.25) is 0 Å². The van der Waals surface area contributed by atoms with Gasteiger partial charge in [-0.2, -0.15) is 10.4 Å². The van der Waals surface area contributed by atoms with Crippen molar-refractivity contribution >= 4 is 5.78 Å². The van der Waals surface area contributed by atoms with Gasteiger partial charge in [-0.3, -0.25) is 9.48 Å². The zero-order valence-corrected chi connectivity index (χ0v) is 13.5. The fourth-order valence-corrected chi connectivity index (χ4v) is 3.36. The standard InChI is InChI=1S/C17H25N3O/c1-5-14(6-2)20-10-7-13(19-20)11-17(12-18)9-8-16(3,4)15(17)21/h7,10,14H,5-6,8-9,11H2,1-4H3. The quantitative estimate of drug-likeness (QED) is 0.830. The van der Waals surface area contributed by atoms with Gasteiger partial charge in [0.05, 0.1) is 17.8 Å². The van der Waals surface area contributed by atoms with Crippen molar-refractivity contribution in [1.29, 1.82) is 5.26 Å². The van der Waals surface area contributed by atoms with Crippen LogP contribution in [-0.4, -0.2) is 15.6 Å². The molecular weight excluding hydrogens is 262 g/mol. The summed E-state index contributed by atoms with van der Waals surface area (Å²) in [7, 11) is 0. The summed E-state index contributed by atoms with van der Waals surface area (Å²) in [6, 6.07) is 4.65. The molecule has 0 N–H and O–H groups in total. The summed E-state index contributed by atoms with van der Waals surface area (Å²) >= 11 is 0. The van der Waals surface area contributed by atoms with Crippen LogP contribution in [-0.2, 0) is 11.2 Å². The van der Waals surface area contributed by atoms with Crippen molar-refractivity contribution in [2.75, 3.05) is 0 Å². The molecule has 1 aromatic heterocycles. The maximum atomic E-state index is 12.6. The second-order valence-electron chi connectivity index (χ2n) is 6.84. The molecule has 1 atom stereocenters. The predicted octanol–water partition coefficient (Wildman–Crippen LogP) is 3.69. The lowest BCUT2D eigenvalue weighted by Crippen LogP contribution is -2.33. The number of rotatable bonds is 5. The van der Waals surface area contributed by atoms with E-state index in [1.54, 1.807) is 0 Å². The van der Waals surface area contributed by atoms with Gasteiger partial charge < -0.3 is 0 Å². The molecule has 0 aromatic carbocycles. The van der Waals surface area contributed by atoms with Gasteiger partial charge >= 0.3 is 0 Å². The molecule has 2 rings (SSSR count). The monoisotopic (exact) mass is 287 g/mol. The van der Waals surface area contributed by atoms with Crippen LogP contribution in [0.3, 0.4) is 0 Å². The van der Waals surface area contributed by atoms with Crippen LogP contribution in [0.1, 0.15) is 65.1 Å². The molecule has 1 aromatic rings. The molecule has 1 aliphatic carbocycles. The van der Waals surface area contributed by atoms with E-state index in [9.17, 15) is 10.1 Å². The highest BCUT2D eigenvalue weighted by Crippen LogP contribution is 2.47. The van der Waals surface area contributed by atoms with Crippen LogP contribution in [0.15, 0.2) is 12.3 Å². The number of hydrogen-bond donors (Lipinski definition) is 0. The Kier molecular flexibility index (Phi) is 4.22. The van der Waals surface area contributed by atoms with Gasteiger partial charge in [0.2, 0.25) is 0 Å². The number of aromatic nitrogens is 2. The molecule has 4 nitrogen and oxygen atoms in total. The van der Waals surface area contributed by atoms with Crippen molar-refractivity contribution in [2.24, 2.45) is 10.8 Å². The molecule has 21 heavy (non-hydrogen) atoms. The van der Waals surface area contributed by atoms with Crippen LogP contribution < -0.4 is 0 Å². The van der Waals surface area contributed by atoms with Crippen LogP contribution >= 0.6 is 0 Å². The average Bonchev–Trinajstić information content (AvgIpc) is 3.00. The maximum absolute atomic E-state index is 12.6. The minimum Gasteiger partial charge on any atom is -0.297 e. The number of carbonyl (C=O) groups is 1. The molecule has 0 bridgehead atoms. The van der Waals surface area contributed by atoms with Gasteiger partial charge in [0.25, 0.3) is 0 Å². The van der Waals surface area contributed by atoms with Gasteiger partial charge in [-0.05, 0) is 31.7 Å². The van der Waals surface area contributed by atoms with E-state index in [0.717, 1.165) is 25.0 Å². The molecule has 4 heteroatoms. The zero-order valence-electron chi connectivity index (χ0n) is 13.5. The van der Waals surface area contributed by atoms with Gasteiger partial charge in [0, 0.05) is 18.0 Å². The highest BCUT2D eigenvalue weighted by molar-refractivity contribution is 5.94. The summed E-state index contributed by atoms with van der Waals surface area (Å²) in [5.74, 6) is 0.0783. The molecule has 0 amide bonds. The first kappa shape index (κ1) is 15.8. The maximum Gasteiger partial charge on any atom is 0.159 e. The molecule has 1 saturated carbocycles. The van der Waals surface area contributed by atoms with Crippen molar-refractivity contribution in [3.8, 4) is 6.07 Å². The third kappa shape index (κ3) is 2.74. The minimum absolute atomic E-state index is 0.0783. The Morgan fingerprint density at radius 1 is 1.38 bits per heavy atom. The van der Waals surface area contributed by atoms with Gasteiger partial charge in [-0.15, -0.1) is 0 Å². The third-order valence-electron chi connectivity index (χ3n) is 4.90. The van der Waals surface area contributed by atoms with E-state index in [0.29, 0.717) is 18.9 Å². The minimum atomic E-state index is -0.878. The van der Waals surface area contributed by atoms with Crippen molar-refractivity contribution in [3.63, 3.8) is 0 Å². The van der Waals surface area contributed by atoms with E-state index in [2.05, 4.69) is 25.0 Å². The third-order valence-corrected chi connectivity index (χ3v) is 4.90. The van der Waals surface area contributed by atoms with Crippen LogP contribution in [0.5, 0.6) is 0 Å². The molecule has 1 unspecified atom stereocenters. The van der Waals surface area contributed by atoms with E-state index in [1.165, 1.54) is 0 Å². The Balaban J connectivity index is 2.22. The highest BCUT2D eigenvalue weighted by atomic mass is 16.1. The Bertz CT molecular complexity index is 563. The van der Waals surface area contributed by atoms with Crippen molar-refractivity contribution < 1.29 is 4.79 Å². The van der Waals surface area contributed by atoms with E-state index < -0.39 is 5.41 Å². The SMILES string of the molecule is CCC(CC)n1ccc(CC2(C#N)CCC(C)(C)C2=O)n1. The Hall–Kier alpha value is -1.63. The fourth-order valence-electron chi connectivity index (χ4n) is 3.36. The van der Waals surface area contributed by atoms with Gasteiger partial charge in [-0.25, -0.2) is 0 Å². The van der Waals surface area contributed by atoms with E-state index >= 15 is 0 Å². The molecule has 0 aliphatic heterocycles. The highest BCUT2D eigenvalue weighted by Gasteiger charge is 2.52. The normalized spacial score (nSPS) is 24.5. The summed E-state index contributed by atoms with van der Waals surface area (Å²) < 4.78 is 1.98. The second-order valence-corrected chi connectivity index (χ2v) is 6.84. The Morgan fingerprint density at radius 3 is 2.52 bits per heavy atom. The number of carbonyl (C=O) groups excluding carboxylic acids is 1. The molecule has 1 fully saturated rings.